The summed E-state index contributed by atoms with van der Waals surface area (Å²) < 4.78 is 5.21. The van der Waals surface area contributed by atoms with Crippen LogP contribution in [0, 0.1) is 11.8 Å². The van der Waals surface area contributed by atoms with Crippen LogP contribution in [0.25, 0.3) is 0 Å². The third kappa shape index (κ3) is 6.36. The zero-order valence-electron chi connectivity index (χ0n) is 14.5. The van der Waals surface area contributed by atoms with Gasteiger partial charge in [-0.1, -0.05) is 19.9 Å². The zero-order chi connectivity index (χ0) is 16.7. The maximum Gasteiger partial charge on any atom is 0.170 e. The molecular formula is C18H29N3OS. The molecule has 0 radical (unpaired) electrons. The lowest BCUT2D eigenvalue weighted by atomic mass is 9.92. The molecule has 1 heterocycles. The number of hydrogen-bond donors (Lipinski definition) is 2. The van der Waals surface area contributed by atoms with Crippen LogP contribution in [0.2, 0.25) is 0 Å². The average Bonchev–Trinajstić information content (AvgIpc) is 2.51. The second-order valence-corrected chi connectivity index (χ2v) is 7.08. The van der Waals surface area contributed by atoms with E-state index < -0.39 is 0 Å². The number of ether oxygens (including phenoxy) is 1. The van der Waals surface area contributed by atoms with Crippen LogP contribution in [0.5, 0.6) is 5.75 Å². The van der Waals surface area contributed by atoms with Crippen LogP contribution in [0.1, 0.15) is 26.7 Å². The Morgan fingerprint density at radius 2 is 2.04 bits per heavy atom. The lowest BCUT2D eigenvalue weighted by molar-refractivity contribution is 0.140. The fourth-order valence-electron chi connectivity index (χ4n) is 3.36. The van der Waals surface area contributed by atoms with Crippen LogP contribution in [0.15, 0.2) is 24.3 Å². The minimum absolute atomic E-state index is 0.665. The monoisotopic (exact) mass is 335 g/mol. The first-order valence-corrected chi connectivity index (χ1v) is 8.89. The molecule has 23 heavy (non-hydrogen) atoms. The van der Waals surface area contributed by atoms with E-state index in [1.165, 1.54) is 19.5 Å². The van der Waals surface area contributed by atoms with Crippen LogP contribution in [-0.2, 0) is 0 Å². The van der Waals surface area contributed by atoms with Gasteiger partial charge >= 0.3 is 0 Å². The maximum atomic E-state index is 5.35. The number of thiocarbonyl (C=S) groups is 1. The molecule has 4 nitrogen and oxygen atoms in total. The van der Waals surface area contributed by atoms with Crippen molar-refractivity contribution in [3.63, 3.8) is 0 Å². The van der Waals surface area contributed by atoms with E-state index in [1.807, 2.05) is 24.3 Å². The van der Waals surface area contributed by atoms with Gasteiger partial charge in [0.2, 0.25) is 0 Å². The van der Waals surface area contributed by atoms with Gasteiger partial charge in [-0.25, -0.2) is 0 Å². The van der Waals surface area contributed by atoms with Gasteiger partial charge in [0.05, 0.1) is 7.11 Å². The number of methoxy groups -OCH3 is 1. The summed E-state index contributed by atoms with van der Waals surface area (Å²) in [5.41, 5.74) is 0.945. The highest BCUT2D eigenvalue weighted by Gasteiger charge is 2.20. The Balaban J connectivity index is 1.64. The van der Waals surface area contributed by atoms with Crippen molar-refractivity contribution < 1.29 is 4.74 Å². The molecule has 0 aliphatic carbocycles. The largest absolute Gasteiger partial charge is 0.497 e. The molecule has 0 saturated carbocycles. The molecule has 5 heteroatoms. The highest BCUT2D eigenvalue weighted by atomic mass is 32.1. The van der Waals surface area contributed by atoms with Gasteiger partial charge in [-0.3, -0.25) is 0 Å². The maximum absolute atomic E-state index is 5.35. The number of rotatable bonds is 6. The molecule has 1 aromatic carbocycles. The van der Waals surface area contributed by atoms with Gasteiger partial charge in [-0.05, 0) is 55.6 Å². The number of piperidine rings is 1. The molecular weight excluding hydrogens is 306 g/mol. The number of nitrogens with zero attached hydrogens (tertiary/aromatic N) is 1. The van der Waals surface area contributed by atoms with Gasteiger partial charge in [-0.15, -0.1) is 0 Å². The third-order valence-corrected chi connectivity index (χ3v) is 4.46. The van der Waals surface area contributed by atoms with Crippen molar-refractivity contribution in [1.29, 1.82) is 0 Å². The Kier molecular flexibility index (Phi) is 7.12. The van der Waals surface area contributed by atoms with Crippen molar-refractivity contribution in [2.75, 3.05) is 38.6 Å². The van der Waals surface area contributed by atoms with Crippen LogP contribution in [-0.4, -0.2) is 43.3 Å². The topological polar surface area (TPSA) is 36.5 Å². The molecule has 1 aliphatic heterocycles. The normalized spacial score (nSPS) is 21.7. The van der Waals surface area contributed by atoms with Crippen LogP contribution < -0.4 is 15.4 Å². The number of anilines is 1. The second kappa shape index (κ2) is 9.08. The number of likely N-dealkylation sites (tertiary alicyclic amines) is 1. The van der Waals surface area contributed by atoms with E-state index in [1.54, 1.807) is 7.11 Å². The van der Waals surface area contributed by atoms with E-state index in [0.29, 0.717) is 5.11 Å². The predicted octanol–water partition coefficient (Wildman–Crippen LogP) is 3.35. The minimum Gasteiger partial charge on any atom is -0.497 e. The molecule has 1 aromatic rings. The van der Waals surface area contributed by atoms with Crippen molar-refractivity contribution in [2.24, 2.45) is 11.8 Å². The highest BCUT2D eigenvalue weighted by Crippen LogP contribution is 2.20. The van der Waals surface area contributed by atoms with Crippen molar-refractivity contribution in [3.8, 4) is 5.75 Å². The first-order chi connectivity index (χ1) is 11.1. The predicted molar refractivity (Wildman–Crippen MR) is 101 cm³/mol. The summed E-state index contributed by atoms with van der Waals surface area (Å²) in [6.45, 7) is 9.22. The van der Waals surface area contributed by atoms with Crippen molar-refractivity contribution in [3.05, 3.63) is 24.3 Å². The van der Waals surface area contributed by atoms with Gasteiger partial charge in [-0.2, -0.15) is 0 Å². The first kappa shape index (κ1) is 18.0. The number of hydrogen-bond acceptors (Lipinski definition) is 3. The first-order valence-electron chi connectivity index (χ1n) is 8.48. The molecule has 0 aromatic heterocycles. The van der Waals surface area contributed by atoms with E-state index in [4.69, 9.17) is 17.0 Å². The molecule has 1 fully saturated rings. The summed E-state index contributed by atoms with van der Waals surface area (Å²) in [6.07, 6.45) is 2.47. The van der Waals surface area contributed by atoms with E-state index >= 15 is 0 Å². The van der Waals surface area contributed by atoms with Gasteiger partial charge < -0.3 is 20.3 Å². The molecule has 2 rings (SSSR count). The van der Waals surface area contributed by atoms with Crippen LogP contribution in [0.3, 0.4) is 0 Å². The Bertz CT molecular complexity index is 499. The summed E-state index contributed by atoms with van der Waals surface area (Å²) in [4.78, 5) is 2.58. The fraction of sp³-hybridized carbons (Fsp3) is 0.611. The van der Waals surface area contributed by atoms with Crippen molar-refractivity contribution >= 4 is 23.0 Å². The molecule has 2 atom stereocenters. The summed E-state index contributed by atoms with van der Waals surface area (Å²) in [6, 6.07) is 7.78. The molecule has 0 amide bonds. The van der Waals surface area contributed by atoms with Gasteiger partial charge in [0.1, 0.15) is 5.75 Å². The molecule has 1 aliphatic rings. The molecule has 0 spiro atoms. The Morgan fingerprint density at radius 1 is 1.30 bits per heavy atom. The van der Waals surface area contributed by atoms with E-state index in [2.05, 4.69) is 29.4 Å². The second-order valence-electron chi connectivity index (χ2n) is 6.67. The SMILES string of the molecule is COc1cccc(NC(=S)NCCCN2CC(C)CC(C)C2)c1. The van der Waals surface area contributed by atoms with E-state index in [9.17, 15) is 0 Å². The lowest BCUT2D eigenvalue weighted by Gasteiger charge is -2.35. The third-order valence-electron chi connectivity index (χ3n) is 4.21. The van der Waals surface area contributed by atoms with Crippen LogP contribution >= 0.6 is 12.2 Å². The summed E-state index contributed by atoms with van der Waals surface area (Å²) in [5, 5.41) is 7.14. The molecule has 2 N–H and O–H groups in total. The lowest BCUT2D eigenvalue weighted by Crippen LogP contribution is -2.40. The summed E-state index contributed by atoms with van der Waals surface area (Å²) in [7, 11) is 1.66. The fourth-order valence-corrected chi connectivity index (χ4v) is 3.58. The number of benzene rings is 1. The molecule has 0 bridgehead atoms. The molecule has 1 saturated heterocycles. The van der Waals surface area contributed by atoms with Gasteiger partial charge in [0, 0.05) is 31.4 Å². The highest BCUT2D eigenvalue weighted by molar-refractivity contribution is 7.80. The van der Waals surface area contributed by atoms with Crippen molar-refractivity contribution in [1.82, 2.24) is 10.2 Å². The standard InChI is InChI=1S/C18H29N3OS/c1-14-10-15(2)13-21(12-14)9-5-8-19-18(23)20-16-6-4-7-17(11-16)22-3/h4,6-7,11,14-15H,5,8-10,12-13H2,1-3H3,(H2,19,20,23). The van der Waals surface area contributed by atoms with E-state index in [0.717, 1.165) is 42.8 Å². The zero-order valence-corrected chi connectivity index (χ0v) is 15.3. The Morgan fingerprint density at radius 3 is 2.74 bits per heavy atom. The average molecular weight is 336 g/mol. The summed E-state index contributed by atoms with van der Waals surface area (Å²) in [5.74, 6) is 2.47. The molecule has 2 unspecified atom stereocenters. The van der Waals surface area contributed by atoms with Crippen molar-refractivity contribution in [2.45, 2.75) is 26.7 Å². The van der Waals surface area contributed by atoms with E-state index in [-0.39, 0.29) is 0 Å². The van der Waals surface area contributed by atoms with Gasteiger partial charge in [0.15, 0.2) is 5.11 Å². The Hall–Kier alpha value is -1.33. The Labute approximate surface area is 145 Å². The van der Waals surface area contributed by atoms with Gasteiger partial charge in [0.25, 0.3) is 0 Å². The molecule has 128 valence electrons. The summed E-state index contributed by atoms with van der Waals surface area (Å²) >= 11 is 5.35. The quantitative estimate of drug-likeness (QED) is 0.616. The van der Waals surface area contributed by atoms with Crippen LogP contribution in [0.4, 0.5) is 5.69 Å². The number of nitrogens with one attached hydrogen (secondary N) is 2. The smallest absolute Gasteiger partial charge is 0.170 e. The minimum atomic E-state index is 0.665.